The van der Waals surface area contributed by atoms with Gasteiger partial charge in [-0.1, -0.05) is 24.3 Å². The first-order valence-corrected chi connectivity index (χ1v) is 10.9. The van der Waals surface area contributed by atoms with Crippen LogP contribution >= 0.6 is 0 Å². The first-order chi connectivity index (χ1) is 15.6. The van der Waals surface area contributed by atoms with Crippen LogP contribution in [0.15, 0.2) is 74.7 Å². The second-order valence-electron chi connectivity index (χ2n) is 8.02. The van der Waals surface area contributed by atoms with Crippen molar-refractivity contribution in [2.75, 3.05) is 27.2 Å². The largest absolute Gasteiger partial charge is 0.492 e. The van der Waals surface area contributed by atoms with E-state index in [1.165, 1.54) is 0 Å². The summed E-state index contributed by atoms with van der Waals surface area (Å²) in [5, 5.41) is 0. The summed E-state index contributed by atoms with van der Waals surface area (Å²) >= 11 is 0. The predicted octanol–water partition coefficient (Wildman–Crippen LogP) is 4.10. The van der Waals surface area contributed by atoms with E-state index in [9.17, 15) is 4.79 Å². The van der Waals surface area contributed by atoms with Crippen LogP contribution in [0.1, 0.15) is 30.4 Å². The highest BCUT2D eigenvalue weighted by Gasteiger charge is 2.11. The van der Waals surface area contributed by atoms with Gasteiger partial charge >= 0.3 is 5.76 Å². The fourth-order valence-electron chi connectivity index (χ4n) is 3.59. The number of hydrogen-bond acceptors (Lipinski definition) is 6. The molecule has 0 bridgehead atoms. The second-order valence-corrected chi connectivity index (χ2v) is 8.02. The normalized spacial score (nSPS) is 18.5. The van der Waals surface area contributed by atoms with Gasteiger partial charge in [0.1, 0.15) is 5.76 Å². The zero-order valence-electron chi connectivity index (χ0n) is 18.5. The van der Waals surface area contributed by atoms with E-state index in [4.69, 9.17) is 9.15 Å². The summed E-state index contributed by atoms with van der Waals surface area (Å²) in [6.07, 6.45) is 10.4. The zero-order valence-corrected chi connectivity index (χ0v) is 18.5. The number of rotatable bonds is 8. The molecule has 0 saturated carbocycles. The molecule has 0 fully saturated rings. The topological polar surface area (TPSA) is 72.9 Å². The highest BCUT2D eigenvalue weighted by molar-refractivity contribution is 5.83. The average molecular weight is 433 g/mol. The van der Waals surface area contributed by atoms with Gasteiger partial charge in [0.25, 0.3) is 0 Å². The van der Waals surface area contributed by atoms with E-state index in [1.807, 2.05) is 18.2 Å². The number of allylic oxidation sites excluding steroid dienone is 3. The molecule has 7 heteroatoms. The maximum Gasteiger partial charge on any atom is 0.421 e. The van der Waals surface area contributed by atoms with Gasteiger partial charge in [-0.3, -0.25) is 9.56 Å². The maximum atomic E-state index is 12.3. The maximum absolute atomic E-state index is 12.3. The van der Waals surface area contributed by atoms with Gasteiger partial charge < -0.3 is 14.1 Å². The lowest BCUT2D eigenvalue weighted by molar-refractivity contribution is 0.213. The van der Waals surface area contributed by atoms with Gasteiger partial charge in [-0.05, 0) is 63.2 Å². The van der Waals surface area contributed by atoms with E-state index < -0.39 is 5.76 Å². The smallest absolute Gasteiger partial charge is 0.421 e. The fraction of sp³-hybridized carbons (Fsp3) is 0.320. The monoisotopic (exact) mass is 432 g/mol. The van der Waals surface area contributed by atoms with Gasteiger partial charge in [0.05, 0.1) is 25.1 Å². The lowest BCUT2D eigenvalue weighted by atomic mass is 10.1. The lowest BCUT2D eigenvalue weighted by Gasteiger charge is -2.12. The fourth-order valence-corrected chi connectivity index (χ4v) is 3.59. The molecule has 0 saturated heterocycles. The average Bonchev–Trinajstić information content (AvgIpc) is 3.08. The van der Waals surface area contributed by atoms with E-state index in [0.717, 1.165) is 48.4 Å². The SMILES string of the molecule is CN(C)CCCOC1=C/CC/C=C(c2cccc(Cn3c(=O)oc4cccnc43)c2)/N=C\1. The number of ether oxygens (including phenoxy) is 1. The molecule has 3 aromatic rings. The summed E-state index contributed by atoms with van der Waals surface area (Å²) < 4.78 is 12.8. The number of nitrogens with zero attached hydrogens (tertiary/aromatic N) is 4. The number of benzene rings is 1. The standard InChI is InChI=1S/C25H28N4O3/c1-28(2)14-7-15-31-21-10-3-4-11-22(27-17-21)20-9-5-8-19(16-20)18-29-24-23(32-25(29)30)12-6-13-26-24/h5-6,8-13,16-17H,3-4,7,14-15,18H2,1-2H3/b21-10+,22-11+,27-17-. The molecule has 0 spiro atoms. The van der Waals surface area contributed by atoms with Crippen LogP contribution in [0, 0.1) is 0 Å². The van der Waals surface area contributed by atoms with Gasteiger partial charge in [-0.25, -0.2) is 9.78 Å². The summed E-state index contributed by atoms with van der Waals surface area (Å²) in [4.78, 5) is 23.4. The summed E-state index contributed by atoms with van der Waals surface area (Å²) in [6.45, 7) is 2.05. The molecule has 3 heterocycles. The van der Waals surface area contributed by atoms with Crippen molar-refractivity contribution in [3.05, 3.63) is 82.2 Å². The van der Waals surface area contributed by atoms with Crippen molar-refractivity contribution < 1.29 is 9.15 Å². The summed E-state index contributed by atoms with van der Waals surface area (Å²) in [7, 11) is 4.12. The highest BCUT2D eigenvalue weighted by Crippen LogP contribution is 2.21. The third-order valence-electron chi connectivity index (χ3n) is 5.19. The van der Waals surface area contributed by atoms with E-state index in [1.54, 1.807) is 29.1 Å². The molecule has 1 aromatic carbocycles. The molecule has 0 amide bonds. The van der Waals surface area contributed by atoms with Crippen molar-refractivity contribution in [3.63, 3.8) is 0 Å². The van der Waals surface area contributed by atoms with Crippen molar-refractivity contribution in [1.29, 1.82) is 0 Å². The van der Waals surface area contributed by atoms with Gasteiger partial charge in [0.2, 0.25) is 0 Å². The quantitative estimate of drug-likeness (QED) is 0.501. The lowest BCUT2D eigenvalue weighted by Crippen LogP contribution is -2.15. The Hall–Kier alpha value is -3.45. The van der Waals surface area contributed by atoms with E-state index in [-0.39, 0.29) is 0 Å². The Labute approximate surface area is 187 Å². The van der Waals surface area contributed by atoms with Gasteiger partial charge in [-0.15, -0.1) is 0 Å². The predicted molar refractivity (Wildman–Crippen MR) is 127 cm³/mol. The molecular weight excluding hydrogens is 404 g/mol. The zero-order chi connectivity index (χ0) is 22.3. The molecule has 0 radical (unpaired) electrons. The minimum absolute atomic E-state index is 0.383. The molecule has 2 aromatic heterocycles. The van der Waals surface area contributed by atoms with Crippen molar-refractivity contribution >= 4 is 23.1 Å². The van der Waals surface area contributed by atoms with Gasteiger partial charge in [-0.2, -0.15) is 0 Å². The first kappa shape index (κ1) is 21.8. The van der Waals surface area contributed by atoms with Crippen LogP contribution < -0.4 is 5.76 Å². The molecule has 0 atom stereocenters. The Morgan fingerprint density at radius 3 is 2.91 bits per heavy atom. The van der Waals surface area contributed by atoms with Crippen LogP contribution in [-0.4, -0.2) is 47.9 Å². The summed E-state index contributed by atoms with van der Waals surface area (Å²) in [6, 6.07) is 11.6. The van der Waals surface area contributed by atoms with Crippen molar-refractivity contribution in [1.82, 2.24) is 14.5 Å². The summed E-state index contributed by atoms with van der Waals surface area (Å²) in [5.74, 6) is 0.404. The minimum Gasteiger partial charge on any atom is -0.492 e. The van der Waals surface area contributed by atoms with Gasteiger partial charge in [0, 0.05) is 18.3 Å². The molecule has 0 unspecified atom stereocenters. The second kappa shape index (κ2) is 10.2. The van der Waals surface area contributed by atoms with Crippen molar-refractivity contribution in [3.8, 4) is 0 Å². The Bertz CT molecular complexity index is 1220. The van der Waals surface area contributed by atoms with Crippen molar-refractivity contribution in [2.45, 2.75) is 25.8 Å². The van der Waals surface area contributed by atoms with Gasteiger partial charge in [0.15, 0.2) is 11.2 Å². The Morgan fingerprint density at radius 1 is 1.16 bits per heavy atom. The van der Waals surface area contributed by atoms with Crippen LogP contribution in [0.3, 0.4) is 0 Å². The molecule has 0 N–H and O–H groups in total. The Kier molecular flexibility index (Phi) is 6.97. The van der Waals surface area contributed by atoms with Crippen LogP contribution in [0.4, 0.5) is 0 Å². The third-order valence-corrected chi connectivity index (χ3v) is 5.19. The number of oxazole rings is 1. The van der Waals surface area contributed by atoms with Crippen LogP contribution in [0.5, 0.6) is 0 Å². The highest BCUT2D eigenvalue weighted by atomic mass is 16.5. The van der Waals surface area contributed by atoms with E-state index in [2.05, 4.69) is 47.2 Å². The first-order valence-electron chi connectivity index (χ1n) is 10.9. The molecular formula is C25H28N4O3. The summed E-state index contributed by atoms with van der Waals surface area (Å²) in [5.41, 5.74) is 3.92. The number of hydrogen-bond donors (Lipinski definition) is 0. The minimum atomic E-state index is -0.409. The Morgan fingerprint density at radius 2 is 2.03 bits per heavy atom. The molecule has 1 aliphatic heterocycles. The van der Waals surface area contributed by atoms with Crippen LogP contribution in [0.25, 0.3) is 16.9 Å². The number of aliphatic imine (C=N–C) groups is 1. The number of fused-ring (bicyclic) bond motifs is 1. The Balaban J connectivity index is 1.49. The van der Waals surface area contributed by atoms with E-state index >= 15 is 0 Å². The van der Waals surface area contributed by atoms with Crippen LogP contribution in [0.2, 0.25) is 0 Å². The number of pyridine rings is 1. The molecule has 32 heavy (non-hydrogen) atoms. The molecule has 166 valence electrons. The molecule has 1 aliphatic rings. The molecule has 4 rings (SSSR count). The van der Waals surface area contributed by atoms with Crippen LogP contribution in [-0.2, 0) is 11.3 Å². The third kappa shape index (κ3) is 5.42. The number of aromatic nitrogens is 2. The molecule has 0 aliphatic carbocycles. The van der Waals surface area contributed by atoms with Crippen molar-refractivity contribution in [2.24, 2.45) is 4.99 Å². The molecule has 7 nitrogen and oxygen atoms in total. The van der Waals surface area contributed by atoms with E-state index in [0.29, 0.717) is 24.4 Å².